The van der Waals surface area contributed by atoms with E-state index in [1.807, 2.05) is 12.1 Å². The standard InChI is InChI=1S/C23H25ClN2O/c24-21-6-3-18(25)10-20(21)22(27)26-19-4-1-17(2-5-19)23-11-14-7-15(12-23)9-16(8-14)13-23/h1-6,10,14-16H,7-9,11-13,25H2,(H,26,27). The Kier molecular flexibility index (Phi) is 3.98. The number of hydrogen-bond donors (Lipinski definition) is 2. The molecule has 0 radical (unpaired) electrons. The van der Waals surface area contributed by atoms with Crippen molar-refractivity contribution < 1.29 is 4.79 Å². The van der Waals surface area contributed by atoms with Crippen LogP contribution < -0.4 is 11.1 Å². The zero-order valence-electron chi connectivity index (χ0n) is 15.4. The molecule has 0 aromatic heterocycles. The van der Waals surface area contributed by atoms with Crippen molar-refractivity contribution in [1.82, 2.24) is 0 Å². The zero-order chi connectivity index (χ0) is 18.6. The van der Waals surface area contributed by atoms with Gasteiger partial charge in [-0.05, 0) is 97.6 Å². The number of nitrogens with two attached hydrogens (primary N) is 1. The molecule has 140 valence electrons. The number of benzene rings is 2. The number of anilines is 2. The molecule has 4 saturated carbocycles. The van der Waals surface area contributed by atoms with Crippen LogP contribution in [0, 0.1) is 17.8 Å². The normalized spacial score (nSPS) is 31.1. The molecule has 0 unspecified atom stereocenters. The highest BCUT2D eigenvalue weighted by molar-refractivity contribution is 6.34. The molecular weight excluding hydrogens is 356 g/mol. The molecule has 0 aliphatic heterocycles. The lowest BCUT2D eigenvalue weighted by Gasteiger charge is -2.57. The Labute approximate surface area is 165 Å². The van der Waals surface area contributed by atoms with Gasteiger partial charge in [0, 0.05) is 11.4 Å². The molecule has 27 heavy (non-hydrogen) atoms. The Morgan fingerprint density at radius 2 is 1.56 bits per heavy atom. The van der Waals surface area contributed by atoms with Crippen LogP contribution in [0.3, 0.4) is 0 Å². The molecule has 2 aromatic carbocycles. The van der Waals surface area contributed by atoms with Crippen LogP contribution in [0.25, 0.3) is 0 Å². The third-order valence-corrected chi connectivity index (χ3v) is 7.36. The van der Waals surface area contributed by atoms with Crippen molar-refractivity contribution in [2.75, 3.05) is 11.1 Å². The average Bonchev–Trinajstić information content (AvgIpc) is 2.63. The maximum Gasteiger partial charge on any atom is 0.257 e. The molecule has 1 amide bonds. The topological polar surface area (TPSA) is 55.1 Å². The van der Waals surface area contributed by atoms with Crippen LogP contribution >= 0.6 is 11.6 Å². The van der Waals surface area contributed by atoms with Crippen molar-refractivity contribution >= 4 is 28.9 Å². The molecule has 0 saturated heterocycles. The largest absolute Gasteiger partial charge is 0.399 e. The first-order valence-corrected chi connectivity index (χ1v) is 10.4. The van der Waals surface area contributed by atoms with Crippen molar-refractivity contribution in [2.45, 2.75) is 43.9 Å². The van der Waals surface area contributed by atoms with Gasteiger partial charge in [0.05, 0.1) is 10.6 Å². The highest BCUT2D eigenvalue weighted by Crippen LogP contribution is 2.60. The van der Waals surface area contributed by atoms with Gasteiger partial charge in [0.2, 0.25) is 0 Å². The predicted octanol–water partition coefficient (Wildman–Crippen LogP) is 5.64. The number of carbonyl (C=O) groups is 1. The van der Waals surface area contributed by atoms with Crippen LogP contribution in [0.5, 0.6) is 0 Å². The van der Waals surface area contributed by atoms with Gasteiger partial charge in [0.1, 0.15) is 0 Å². The van der Waals surface area contributed by atoms with Gasteiger partial charge in [0.15, 0.2) is 0 Å². The van der Waals surface area contributed by atoms with Crippen molar-refractivity contribution in [3.8, 4) is 0 Å². The van der Waals surface area contributed by atoms with Crippen molar-refractivity contribution in [1.29, 1.82) is 0 Å². The molecule has 4 heteroatoms. The summed E-state index contributed by atoms with van der Waals surface area (Å²) < 4.78 is 0. The van der Waals surface area contributed by atoms with Crippen LogP contribution in [0.1, 0.15) is 54.4 Å². The summed E-state index contributed by atoms with van der Waals surface area (Å²) in [5.41, 5.74) is 9.36. The van der Waals surface area contributed by atoms with E-state index in [2.05, 4.69) is 17.4 Å². The minimum Gasteiger partial charge on any atom is -0.399 e. The van der Waals surface area contributed by atoms with Crippen LogP contribution in [0.4, 0.5) is 11.4 Å². The molecule has 4 aliphatic rings. The Hall–Kier alpha value is -2.00. The van der Waals surface area contributed by atoms with Gasteiger partial charge in [-0.25, -0.2) is 0 Å². The summed E-state index contributed by atoms with van der Waals surface area (Å²) >= 11 is 6.14. The molecule has 4 bridgehead atoms. The highest BCUT2D eigenvalue weighted by atomic mass is 35.5. The maximum absolute atomic E-state index is 12.5. The molecule has 3 nitrogen and oxygen atoms in total. The second-order valence-corrected chi connectivity index (χ2v) is 9.38. The predicted molar refractivity (Wildman–Crippen MR) is 110 cm³/mol. The first-order valence-electron chi connectivity index (χ1n) is 9.98. The third kappa shape index (κ3) is 3.02. The van der Waals surface area contributed by atoms with E-state index in [0.29, 0.717) is 21.7 Å². The number of nitrogen functional groups attached to an aromatic ring is 1. The minimum absolute atomic E-state index is 0.227. The fourth-order valence-electron chi connectivity index (χ4n) is 6.29. The quantitative estimate of drug-likeness (QED) is 0.676. The van der Waals surface area contributed by atoms with Gasteiger partial charge < -0.3 is 11.1 Å². The summed E-state index contributed by atoms with van der Waals surface area (Å²) in [6, 6.07) is 13.5. The van der Waals surface area contributed by atoms with Crippen molar-refractivity contribution in [3.63, 3.8) is 0 Å². The maximum atomic E-state index is 12.5. The summed E-state index contributed by atoms with van der Waals surface area (Å²) in [6.45, 7) is 0. The molecule has 4 aliphatic carbocycles. The smallest absolute Gasteiger partial charge is 0.257 e. The van der Waals surface area contributed by atoms with E-state index in [1.165, 1.54) is 44.1 Å². The summed E-state index contributed by atoms with van der Waals surface area (Å²) in [7, 11) is 0. The number of halogens is 1. The van der Waals surface area contributed by atoms with Crippen molar-refractivity contribution in [2.24, 2.45) is 17.8 Å². The number of hydrogen-bond acceptors (Lipinski definition) is 2. The number of carbonyl (C=O) groups excluding carboxylic acids is 1. The second-order valence-electron chi connectivity index (χ2n) is 8.97. The fourth-order valence-corrected chi connectivity index (χ4v) is 6.49. The van der Waals surface area contributed by atoms with Crippen LogP contribution in [0.2, 0.25) is 5.02 Å². The summed E-state index contributed by atoms with van der Waals surface area (Å²) in [5, 5.41) is 3.36. The van der Waals surface area contributed by atoms with E-state index in [0.717, 1.165) is 23.4 Å². The van der Waals surface area contributed by atoms with Crippen LogP contribution in [-0.2, 0) is 5.41 Å². The van der Waals surface area contributed by atoms with Gasteiger partial charge in [-0.15, -0.1) is 0 Å². The SMILES string of the molecule is Nc1ccc(Cl)c(C(=O)Nc2ccc(C34CC5CC(CC(C5)C3)C4)cc2)c1. The first kappa shape index (κ1) is 17.1. The lowest BCUT2D eigenvalue weighted by atomic mass is 9.48. The molecule has 6 rings (SSSR count). The average molecular weight is 381 g/mol. The molecule has 4 fully saturated rings. The zero-order valence-corrected chi connectivity index (χ0v) is 16.1. The van der Waals surface area contributed by atoms with Gasteiger partial charge in [-0.1, -0.05) is 23.7 Å². The van der Waals surface area contributed by atoms with Gasteiger partial charge in [-0.3, -0.25) is 4.79 Å². The van der Waals surface area contributed by atoms with Gasteiger partial charge in [-0.2, -0.15) is 0 Å². The third-order valence-electron chi connectivity index (χ3n) is 7.03. The molecule has 3 N–H and O–H groups in total. The fraction of sp³-hybridized carbons (Fsp3) is 0.435. The summed E-state index contributed by atoms with van der Waals surface area (Å²) in [5.74, 6) is 2.57. The van der Waals surface area contributed by atoms with Crippen LogP contribution in [-0.4, -0.2) is 5.91 Å². The van der Waals surface area contributed by atoms with E-state index in [4.69, 9.17) is 17.3 Å². The lowest BCUT2D eigenvalue weighted by molar-refractivity contribution is -0.00518. The van der Waals surface area contributed by atoms with Crippen LogP contribution in [0.15, 0.2) is 42.5 Å². The molecule has 0 spiro atoms. The Balaban J connectivity index is 1.35. The monoisotopic (exact) mass is 380 g/mol. The number of rotatable bonds is 3. The van der Waals surface area contributed by atoms with E-state index in [1.54, 1.807) is 18.2 Å². The number of amides is 1. The van der Waals surface area contributed by atoms with Gasteiger partial charge >= 0.3 is 0 Å². The Morgan fingerprint density at radius 1 is 0.963 bits per heavy atom. The summed E-state index contributed by atoms with van der Waals surface area (Å²) in [4.78, 5) is 12.5. The summed E-state index contributed by atoms with van der Waals surface area (Å²) in [6.07, 6.45) is 8.41. The second kappa shape index (κ2) is 6.27. The van der Waals surface area contributed by atoms with E-state index < -0.39 is 0 Å². The minimum atomic E-state index is -0.227. The van der Waals surface area contributed by atoms with Gasteiger partial charge in [0.25, 0.3) is 5.91 Å². The van der Waals surface area contributed by atoms with E-state index in [-0.39, 0.29) is 5.91 Å². The molecule has 0 atom stereocenters. The van der Waals surface area contributed by atoms with E-state index >= 15 is 0 Å². The number of nitrogens with one attached hydrogen (secondary N) is 1. The highest BCUT2D eigenvalue weighted by Gasteiger charge is 2.51. The molecular formula is C23H25ClN2O. The van der Waals surface area contributed by atoms with E-state index in [9.17, 15) is 4.79 Å². The molecule has 0 heterocycles. The lowest BCUT2D eigenvalue weighted by Crippen LogP contribution is -2.48. The Bertz CT molecular complexity index is 854. The Morgan fingerprint density at radius 3 is 2.15 bits per heavy atom. The first-order chi connectivity index (χ1) is 13.0. The molecule has 2 aromatic rings. The van der Waals surface area contributed by atoms with Crippen molar-refractivity contribution in [3.05, 3.63) is 58.6 Å².